The number of rotatable bonds is 3. The van der Waals surface area contributed by atoms with Crippen LogP contribution in [0.4, 0.5) is 5.82 Å². The molecule has 1 fully saturated rings. The van der Waals surface area contributed by atoms with Gasteiger partial charge in [-0.15, -0.1) is 5.10 Å². The van der Waals surface area contributed by atoms with Gasteiger partial charge in [0.15, 0.2) is 5.65 Å². The fraction of sp³-hybridized carbons (Fsp3) is 0.368. The molecule has 4 rings (SSSR count). The van der Waals surface area contributed by atoms with E-state index in [0.717, 1.165) is 48.4 Å². The summed E-state index contributed by atoms with van der Waals surface area (Å²) in [6.45, 7) is 2.09. The molecule has 2 heterocycles. The number of aliphatic hydroxyl groups is 1. The highest BCUT2D eigenvalue weighted by molar-refractivity contribution is 5.64. The van der Waals surface area contributed by atoms with Gasteiger partial charge in [-0.1, -0.05) is 23.8 Å². The molecule has 2 aromatic heterocycles. The normalized spacial score (nSPS) is 21.1. The van der Waals surface area contributed by atoms with Crippen LogP contribution >= 0.6 is 0 Å². The Morgan fingerprint density at radius 3 is 2.75 bits per heavy atom. The number of imidazole rings is 1. The van der Waals surface area contributed by atoms with E-state index in [9.17, 15) is 5.11 Å². The van der Waals surface area contributed by atoms with Crippen molar-refractivity contribution in [3.8, 4) is 11.3 Å². The van der Waals surface area contributed by atoms with Crippen molar-refractivity contribution in [2.45, 2.75) is 44.8 Å². The third-order valence-corrected chi connectivity index (χ3v) is 4.72. The Balaban J connectivity index is 1.63. The summed E-state index contributed by atoms with van der Waals surface area (Å²) in [7, 11) is 0. The maximum atomic E-state index is 9.64. The van der Waals surface area contributed by atoms with Crippen LogP contribution in [0, 0.1) is 6.92 Å². The first-order valence-electron chi connectivity index (χ1n) is 8.55. The highest BCUT2D eigenvalue weighted by atomic mass is 16.3. The molecular formula is C19H22N4O. The molecule has 5 nitrogen and oxygen atoms in total. The minimum atomic E-state index is -0.139. The van der Waals surface area contributed by atoms with Gasteiger partial charge in [-0.25, -0.2) is 9.50 Å². The van der Waals surface area contributed by atoms with Crippen LogP contribution in [0.2, 0.25) is 0 Å². The van der Waals surface area contributed by atoms with Gasteiger partial charge in [0, 0.05) is 11.6 Å². The Morgan fingerprint density at radius 1 is 1.12 bits per heavy atom. The van der Waals surface area contributed by atoms with Crippen LogP contribution in [0.25, 0.3) is 16.9 Å². The number of hydrogen-bond donors (Lipinski definition) is 2. The molecule has 0 spiro atoms. The Bertz CT molecular complexity index is 849. The molecule has 0 aliphatic heterocycles. The summed E-state index contributed by atoms with van der Waals surface area (Å²) in [5, 5.41) is 17.9. The second kappa shape index (κ2) is 6.24. The Hall–Kier alpha value is -2.40. The SMILES string of the molecule is Cc1cccc(-c2cnc3ccc(N[C@H]4CC[C@@H](O)CC4)nn23)c1. The lowest BCUT2D eigenvalue weighted by atomic mass is 9.93. The quantitative estimate of drug-likeness (QED) is 0.775. The van der Waals surface area contributed by atoms with Gasteiger partial charge in [-0.2, -0.15) is 0 Å². The van der Waals surface area contributed by atoms with Gasteiger partial charge in [-0.05, 0) is 50.8 Å². The molecule has 0 unspecified atom stereocenters. The first-order valence-corrected chi connectivity index (χ1v) is 8.55. The second-order valence-corrected chi connectivity index (χ2v) is 6.65. The number of benzene rings is 1. The molecule has 0 radical (unpaired) electrons. The molecule has 24 heavy (non-hydrogen) atoms. The molecule has 0 bridgehead atoms. The maximum Gasteiger partial charge on any atom is 0.154 e. The molecule has 1 aromatic carbocycles. The number of fused-ring (bicyclic) bond motifs is 1. The fourth-order valence-electron chi connectivity index (χ4n) is 3.38. The first-order chi connectivity index (χ1) is 11.7. The van der Waals surface area contributed by atoms with Crippen LogP contribution in [0.1, 0.15) is 31.2 Å². The monoisotopic (exact) mass is 322 g/mol. The first kappa shape index (κ1) is 15.1. The lowest BCUT2D eigenvalue weighted by Crippen LogP contribution is -2.28. The molecule has 124 valence electrons. The second-order valence-electron chi connectivity index (χ2n) is 6.65. The van der Waals surface area contributed by atoms with E-state index in [0.29, 0.717) is 6.04 Å². The number of hydrogen-bond acceptors (Lipinski definition) is 4. The van der Waals surface area contributed by atoms with Crippen molar-refractivity contribution in [2.75, 3.05) is 5.32 Å². The lowest BCUT2D eigenvalue weighted by molar-refractivity contribution is 0.126. The lowest BCUT2D eigenvalue weighted by Gasteiger charge is -2.26. The van der Waals surface area contributed by atoms with Crippen LogP contribution in [0.3, 0.4) is 0 Å². The van der Waals surface area contributed by atoms with Gasteiger partial charge in [-0.3, -0.25) is 0 Å². The van der Waals surface area contributed by atoms with Crippen LogP contribution in [0.15, 0.2) is 42.6 Å². The summed E-state index contributed by atoms with van der Waals surface area (Å²) < 4.78 is 1.90. The minimum absolute atomic E-state index is 0.139. The van der Waals surface area contributed by atoms with Gasteiger partial charge in [0.05, 0.1) is 18.0 Å². The van der Waals surface area contributed by atoms with Crippen LogP contribution in [-0.4, -0.2) is 31.9 Å². The predicted octanol–water partition coefficient (Wildman–Crippen LogP) is 3.42. The summed E-state index contributed by atoms with van der Waals surface area (Å²) in [5.41, 5.74) is 4.18. The Labute approximate surface area is 141 Å². The number of aryl methyl sites for hydroxylation is 1. The van der Waals surface area contributed by atoms with Crippen molar-refractivity contribution < 1.29 is 5.11 Å². The van der Waals surface area contributed by atoms with Crippen molar-refractivity contribution in [2.24, 2.45) is 0 Å². The van der Waals surface area contributed by atoms with Crippen molar-refractivity contribution in [1.29, 1.82) is 0 Å². The maximum absolute atomic E-state index is 9.64. The average molecular weight is 322 g/mol. The van der Waals surface area contributed by atoms with E-state index in [1.165, 1.54) is 5.56 Å². The van der Waals surface area contributed by atoms with E-state index < -0.39 is 0 Å². The van der Waals surface area contributed by atoms with Crippen LogP contribution < -0.4 is 5.32 Å². The number of aliphatic hydroxyl groups excluding tert-OH is 1. The van der Waals surface area contributed by atoms with Gasteiger partial charge in [0.25, 0.3) is 0 Å². The summed E-state index contributed by atoms with van der Waals surface area (Å²) in [4.78, 5) is 4.46. The van der Waals surface area contributed by atoms with E-state index in [4.69, 9.17) is 5.10 Å². The molecule has 0 amide bonds. The van der Waals surface area contributed by atoms with E-state index in [1.54, 1.807) is 0 Å². The van der Waals surface area contributed by atoms with E-state index in [1.807, 2.05) is 22.8 Å². The Morgan fingerprint density at radius 2 is 1.96 bits per heavy atom. The minimum Gasteiger partial charge on any atom is -0.393 e. The molecule has 1 aliphatic rings. The van der Waals surface area contributed by atoms with Gasteiger partial charge in [0.1, 0.15) is 5.82 Å². The van der Waals surface area contributed by atoms with Gasteiger partial charge >= 0.3 is 0 Å². The Kier molecular flexibility index (Phi) is 3.94. The van der Waals surface area contributed by atoms with Gasteiger partial charge in [0.2, 0.25) is 0 Å². The summed E-state index contributed by atoms with van der Waals surface area (Å²) in [5.74, 6) is 0.857. The highest BCUT2D eigenvalue weighted by Crippen LogP contribution is 2.24. The number of nitrogens with zero attached hydrogens (tertiary/aromatic N) is 3. The zero-order valence-corrected chi connectivity index (χ0v) is 13.8. The zero-order valence-electron chi connectivity index (χ0n) is 13.8. The molecule has 0 atom stereocenters. The molecule has 5 heteroatoms. The largest absolute Gasteiger partial charge is 0.393 e. The average Bonchev–Trinajstić information content (AvgIpc) is 3.00. The van der Waals surface area contributed by atoms with Crippen molar-refractivity contribution in [3.63, 3.8) is 0 Å². The molecule has 1 aliphatic carbocycles. The zero-order chi connectivity index (χ0) is 16.5. The topological polar surface area (TPSA) is 62.5 Å². The highest BCUT2D eigenvalue weighted by Gasteiger charge is 2.19. The molecule has 0 saturated heterocycles. The fourth-order valence-corrected chi connectivity index (χ4v) is 3.38. The van der Waals surface area contributed by atoms with Crippen molar-refractivity contribution >= 4 is 11.5 Å². The molecule has 2 N–H and O–H groups in total. The van der Waals surface area contributed by atoms with E-state index in [-0.39, 0.29) is 6.10 Å². The van der Waals surface area contributed by atoms with Crippen LogP contribution in [0.5, 0.6) is 0 Å². The summed E-state index contributed by atoms with van der Waals surface area (Å²) in [6, 6.07) is 12.7. The van der Waals surface area contributed by atoms with E-state index >= 15 is 0 Å². The van der Waals surface area contributed by atoms with E-state index in [2.05, 4.69) is 41.5 Å². The standard InChI is InChI=1S/C19H22N4O/c1-13-3-2-4-14(11-13)17-12-20-19-10-9-18(22-23(17)19)21-15-5-7-16(24)8-6-15/h2-4,9-12,15-16,24H,5-8H2,1H3,(H,21,22)/t15-,16+. The number of aromatic nitrogens is 3. The molecule has 1 saturated carbocycles. The van der Waals surface area contributed by atoms with Crippen LogP contribution in [-0.2, 0) is 0 Å². The van der Waals surface area contributed by atoms with Crippen molar-refractivity contribution in [3.05, 3.63) is 48.2 Å². The number of nitrogens with one attached hydrogen (secondary N) is 1. The number of anilines is 1. The third kappa shape index (κ3) is 2.99. The predicted molar refractivity (Wildman–Crippen MR) is 95.0 cm³/mol. The van der Waals surface area contributed by atoms with Crippen molar-refractivity contribution in [1.82, 2.24) is 14.6 Å². The summed E-state index contributed by atoms with van der Waals surface area (Å²) in [6.07, 6.45) is 5.42. The smallest absolute Gasteiger partial charge is 0.154 e. The molecular weight excluding hydrogens is 300 g/mol. The summed E-state index contributed by atoms with van der Waals surface area (Å²) >= 11 is 0. The van der Waals surface area contributed by atoms with Gasteiger partial charge < -0.3 is 10.4 Å². The molecule has 3 aromatic rings. The third-order valence-electron chi connectivity index (χ3n) is 4.72.